The largest absolute Gasteiger partial charge is 0.493 e. The Kier molecular flexibility index (Phi) is 8.04. The van der Waals surface area contributed by atoms with E-state index in [1.807, 2.05) is 45.9 Å². The van der Waals surface area contributed by atoms with Crippen LogP contribution in [0.25, 0.3) is 0 Å². The summed E-state index contributed by atoms with van der Waals surface area (Å²) in [5.41, 5.74) is 0.226. The van der Waals surface area contributed by atoms with Gasteiger partial charge in [-0.05, 0) is 39.8 Å². The molecular formula is C18H30N4O3. The molecule has 1 rings (SSSR count). The van der Waals surface area contributed by atoms with Crippen molar-refractivity contribution < 1.29 is 14.3 Å². The first-order valence-corrected chi connectivity index (χ1v) is 8.43. The van der Waals surface area contributed by atoms with Gasteiger partial charge in [0.25, 0.3) is 0 Å². The van der Waals surface area contributed by atoms with Gasteiger partial charge in [0, 0.05) is 24.8 Å². The van der Waals surface area contributed by atoms with Crippen LogP contribution in [0.1, 0.15) is 27.7 Å². The highest BCUT2D eigenvalue weighted by Crippen LogP contribution is 2.29. The van der Waals surface area contributed by atoms with Crippen LogP contribution < -0.4 is 25.4 Å². The SMILES string of the molecule is CCNC(=O)C(C)(C)CN=C(NCC)Nc1ccc(OC)c(OC)c1. The summed E-state index contributed by atoms with van der Waals surface area (Å²) in [4.78, 5) is 16.6. The number of hydrogen-bond acceptors (Lipinski definition) is 4. The fourth-order valence-corrected chi connectivity index (χ4v) is 2.11. The van der Waals surface area contributed by atoms with Gasteiger partial charge in [-0.1, -0.05) is 0 Å². The van der Waals surface area contributed by atoms with Crippen LogP contribution in [0.2, 0.25) is 0 Å². The lowest BCUT2D eigenvalue weighted by Gasteiger charge is -2.22. The third-order valence-electron chi connectivity index (χ3n) is 3.57. The molecule has 7 nitrogen and oxygen atoms in total. The van der Waals surface area contributed by atoms with Crippen molar-refractivity contribution in [3.63, 3.8) is 0 Å². The lowest BCUT2D eigenvalue weighted by molar-refractivity contribution is -0.128. The van der Waals surface area contributed by atoms with Crippen molar-refractivity contribution in [3.05, 3.63) is 18.2 Å². The van der Waals surface area contributed by atoms with E-state index in [1.165, 1.54) is 0 Å². The van der Waals surface area contributed by atoms with Gasteiger partial charge >= 0.3 is 0 Å². The monoisotopic (exact) mass is 350 g/mol. The van der Waals surface area contributed by atoms with Crippen molar-refractivity contribution in [2.75, 3.05) is 39.2 Å². The van der Waals surface area contributed by atoms with E-state index in [9.17, 15) is 4.79 Å². The van der Waals surface area contributed by atoms with Crippen molar-refractivity contribution in [2.24, 2.45) is 10.4 Å². The Bertz CT molecular complexity index is 600. The maximum absolute atomic E-state index is 12.1. The Morgan fingerprint density at radius 3 is 2.28 bits per heavy atom. The Balaban J connectivity index is 2.91. The average molecular weight is 350 g/mol. The smallest absolute Gasteiger partial charge is 0.227 e. The first-order chi connectivity index (χ1) is 11.9. The summed E-state index contributed by atoms with van der Waals surface area (Å²) < 4.78 is 10.6. The highest BCUT2D eigenvalue weighted by molar-refractivity contribution is 5.94. The predicted molar refractivity (Wildman–Crippen MR) is 102 cm³/mol. The molecule has 7 heteroatoms. The Morgan fingerprint density at radius 1 is 1.08 bits per heavy atom. The minimum absolute atomic E-state index is 0.0132. The average Bonchev–Trinajstić information content (AvgIpc) is 2.60. The summed E-state index contributed by atoms with van der Waals surface area (Å²) in [6.07, 6.45) is 0. The van der Waals surface area contributed by atoms with E-state index in [0.29, 0.717) is 37.1 Å². The fourth-order valence-electron chi connectivity index (χ4n) is 2.11. The lowest BCUT2D eigenvalue weighted by Crippen LogP contribution is -2.40. The highest BCUT2D eigenvalue weighted by atomic mass is 16.5. The molecule has 0 saturated carbocycles. The molecule has 3 N–H and O–H groups in total. The number of nitrogens with zero attached hydrogens (tertiary/aromatic N) is 1. The molecule has 1 amide bonds. The van der Waals surface area contributed by atoms with Crippen molar-refractivity contribution in [1.29, 1.82) is 0 Å². The number of carbonyl (C=O) groups excluding carboxylic acids is 1. The first kappa shape index (κ1) is 20.6. The molecule has 1 aromatic rings. The maximum atomic E-state index is 12.1. The van der Waals surface area contributed by atoms with Gasteiger partial charge in [-0.3, -0.25) is 9.79 Å². The van der Waals surface area contributed by atoms with Crippen LogP contribution in [0, 0.1) is 5.41 Å². The zero-order valence-corrected chi connectivity index (χ0v) is 16.0. The predicted octanol–water partition coefficient (Wildman–Crippen LogP) is 2.24. The van der Waals surface area contributed by atoms with Crippen LogP contribution in [0.4, 0.5) is 5.69 Å². The summed E-state index contributed by atoms with van der Waals surface area (Å²) in [6, 6.07) is 5.53. The number of anilines is 1. The van der Waals surface area contributed by atoms with Crippen LogP contribution in [0.5, 0.6) is 11.5 Å². The molecule has 0 saturated heterocycles. The minimum atomic E-state index is -0.587. The van der Waals surface area contributed by atoms with Crippen molar-refractivity contribution >= 4 is 17.6 Å². The minimum Gasteiger partial charge on any atom is -0.493 e. The normalized spacial score (nSPS) is 11.7. The number of carbonyl (C=O) groups is 1. The number of aliphatic imine (C=N–C) groups is 1. The number of hydrogen-bond donors (Lipinski definition) is 3. The van der Waals surface area contributed by atoms with Crippen LogP contribution in [-0.4, -0.2) is 45.7 Å². The van der Waals surface area contributed by atoms with Crippen LogP contribution in [0.15, 0.2) is 23.2 Å². The van der Waals surface area contributed by atoms with E-state index in [4.69, 9.17) is 9.47 Å². The second-order valence-corrected chi connectivity index (χ2v) is 6.13. The highest BCUT2D eigenvalue weighted by Gasteiger charge is 2.26. The zero-order valence-electron chi connectivity index (χ0n) is 16.0. The van der Waals surface area contributed by atoms with Crippen molar-refractivity contribution in [1.82, 2.24) is 10.6 Å². The molecule has 0 radical (unpaired) electrons. The molecule has 0 spiro atoms. The van der Waals surface area contributed by atoms with E-state index in [2.05, 4.69) is 20.9 Å². The molecule has 0 aliphatic carbocycles. The van der Waals surface area contributed by atoms with E-state index in [0.717, 1.165) is 5.69 Å². The van der Waals surface area contributed by atoms with Gasteiger partial charge in [0.15, 0.2) is 17.5 Å². The molecular weight excluding hydrogens is 320 g/mol. The fraction of sp³-hybridized carbons (Fsp3) is 0.556. The number of methoxy groups -OCH3 is 2. The Labute approximate surface area is 150 Å². The molecule has 0 unspecified atom stereocenters. The van der Waals surface area contributed by atoms with Gasteiger partial charge in [-0.25, -0.2) is 0 Å². The lowest BCUT2D eigenvalue weighted by atomic mass is 9.92. The Hall–Kier alpha value is -2.44. The second-order valence-electron chi connectivity index (χ2n) is 6.13. The molecule has 25 heavy (non-hydrogen) atoms. The number of nitrogens with one attached hydrogen (secondary N) is 3. The molecule has 0 aliphatic rings. The van der Waals surface area contributed by atoms with E-state index in [1.54, 1.807) is 14.2 Å². The van der Waals surface area contributed by atoms with E-state index >= 15 is 0 Å². The third-order valence-corrected chi connectivity index (χ3v) is 3.57. The molecule has 1 aromatic carbocycles. The van der Waals surface area contributed by atoms with Gasteiger partial charge in [-0.2, -0.15) is 0 Å². The molecule has 0 fully saturated rings. The maximum Gasteiger partial charge on any atom is 0.227 e. The van der Waals surface area contributed by atoms with Gasteiger partial charge in [-0.15, -0.1) is 0 Å². The van der Waals surface area contributed by atoms with Gasteiger partial charge in [0.2, 0.25) is 5.91 Å². The first-order valence-electron chi connectivity index (χ1n) is 8.43. The number of rotatable bonds is 8. The van der Waals surface area contributed by atoms with Gasteiger partial charge in [0.05, 0.1) is 26.2 Å². The zero-order chi connectivity index (χ0) is 18.9. The summed E-state index contributed by atoms with van der Waals surface area (Å²) in [5, 5.41) is 9.24. The summed E-state index contributed by atoms with van der Waals surface area (Å²) in [6.45, 7) is 9.32. The number of guanidine groups is 1. The second kappa shape index (κ2) is 9.76. The van der Waals surface area contributed by atoms with Crippen LogP contribution >= 0.6 is 0 Å². The third kappa shape index (κ3) is 6.17. The van der Waals surface area contributed by atoms with Gasteiger partial charge < -0.3 is 25.4 Å². The summed E-state index contributed by atoms with van der Waals surface area (Å²) in [7, 11) is 3.19. The molecule has 0 bridgehead atoms. The molecule has 140 valence electrons. The summed E-state index contributed by atoms with van der Waals surface area (Å²) >= 11 is 0. The molecule has 0 aliphatic heterocycles. The number of benzene rings is 1. The molecule has 0 heterocycles. The number of amides is 1. The molecule has 0 atom stereocenters. The van der Waals surface area contributed by atoms with Crippen LogP contribution in [0.3, 0.4) is 0 Å². The van der Waals surface area contributed by atoms with Gasteiger partial charge in [0.1, 0.15) is 0 Å². The standard InChI is InChI=1S/C18H30N4O3/c1-7-19-16(23)18(3,4)12-21-17(20-8-2)22-13-9-10-14(24-5)15(11-13)25-6/h9-11H,7-8,12H2,1-6H3,(H,19,23)(H2,20,21,22). The van der Waals surface area contributed by atoms with E-state index < -0.39 is 5.41 Å². The summed E-state index contributed by atoms with van der Waals surface area (Å²) in [5.74, 6) is 1.88. The Morgan fingerprint density at radius 2 is 1.72 bits per heavy atom. The van der Waals surface area contributed by atoms with E-state index in [-0.39, 0.29) is 5.91 Å². The van der Waals surface area contributed by atoms with Crippen LogP contribution in [-0.2, 0) is 4.79 Å². The van der Waals surface area contributed by atoms with Crippen molar-refractivity contribution in [3.8, 4) is 11.5 Å². The molecule has 0 aromatic heterocycles. The quantitative estimate of drug-likeness (QED) is 0.495. The number of ether oxygens (including phenoxy) is 2. The van der Waals surface area contributed by atoms with Crippen molar-refractivity contribution in [2.45, 2.75) is 27.7 Å². The topological polar surface area (TPSA) is 84.0 Å².